The van der Waals surface area contributed by atoms with Crippen molar-refractivity contribution in [2.75, 3.05) is 37.7 Å². The Kier molecular flexibility index (Phi) is 9.05. The number of ether oxygens (including phenoxy) is 4. The Balaban J connectivity index is 1.26. The summed E-state index contributed by atoms with van der Waals surface area (Å²) in [6.45, 7) is 1.62. The summed E-state index contributed by atoms with van der Waals surface area (Å²) in [6.07, 6.45) is 0. The highest BCUT2D eigenvalue weighted by Gasteiger charge is 2.56. The third-order valence-corrected chi connectivity index (χ3v) is 10.1. The van der Waals surface area contributed by atoms with Gasteiger partial charge in [0.15, 0.2) is 18.1 Å². The molecule has 0 aliphatic carbocycles. The molecule has 0 bridgehead atoms. The Hall–Kier alpha value is -5.08. The number of thioether (sulfide) groups is 1. The number of imide groups is 1. The summed E-state index contributed by atoms with van der Waals surface area (Å²) in [5.74, 6) is -1.97. The van der Waals surface area contributed by atoms with Gasteiger partial charge in [0.05, 0.1) is 43.0 Å². The van der Waals surface area contributed by atoms with Gasteiger partial charge in [-0.25, -0.2) is 9.69 Å². The molecule has 3 heterocycles. The van der Waals surface area contributed by atoms with E-state index in [1.54, 1.807) is 56.5 Å². The molecule has 2 aliphatic rings. The van der Waals surface area contributed by atoms with Crippen LogP contribution < -0.4 is 29.3 Å². The molecular formula is C33H29N3O9S2. The van der Waals surface area contributed by atoms with Gasteiger partial charge < -0.3 is 29.2 Å². The number of nitrogens with one attached hydrogen (secondary N) is 2. The van der Waals surface area contributed by atoms with Gasteiger partial charge in [0.1, 0.15) is 11.0 Å². The predicted molar refractivity (Wildman–Crippen MR) is 175 cm³/mol. The molecule has 1 aromatic heterocycles. The van der Waals surface area contributed by atoms with Crippen LogP contribution in [0.4, 0.5) is 11.4 Å². The number of H-pyrrole nitrogens is 1. The van der Waals surface area contributed by atoms with Crippen molar-refractivity contribution in [3.8, 4) is 17.2 Å². The van der Waals surface area contributed by atoms with Crippen molar-refractivity contribution in [3.63, 3.8) is 0 Å². The number of benzene rings is 3. The first kappa shape index (κ1) is 31.9. The number of nitrogens with zero attached hydrogens (tertiary/aromatic N) is 1. The number of methoxy groups -OCH3 is 2. The molecule has 1 saturated heterocycles. The number of aromatic amines is 1. The summed E-state index contributed by atoms with van der Waals surface area (Å²) in [7, 11) is 3.01. The van der Waals surface area contributed by atoms with Gasteiger partial charge in [-0.3, -0.25) is 19.2 Å². The predicted octanol–water partition coefficient (Wildman–Crippen LogP) is 4.44. The molecule has 1 fully saturated rings. The standard InChI is InChI=1S/C33H29N3O9S2/c1-4-44-32(40)17-5-10-20(11-6-17)36-30(38)26-25(27-29(35-33(41)47-27)46-28(26)31(36)39)18-7-14-22(23(15-18)43-3)45-16-24(37)34-19-8-12-21(42-2)13-9-19/h5-15,25-26,28H,4,16H2,1-3H3,(H,34,37)(H,35,41). The first-order chi connectivity index (χ1) is 22.7. The molecule has 14 heteroatoms. The molecule has 3 aromatic carbocycles. The lowest BCUT2D eigenvalue weighted by atomic mass is 9.83. The van der Waals surface area contributed by atoms with Crippen molar-refractivity contribution in [3.05, 3.63) is 92.4 Å². The van der Waals surface area contributed by atoms with E-state index in [4.69, 9.17) is 18.9 Å². The van der Waals surface area contributed by atoms with E-state index in [0.29, 0.717) is 49.7 Å². The maximum absolute atomic E-state index is 14.1. The van der Waals surface area contributed by atoms with Crippen molar-refractivity contribution in [2.24, 2.45) is 5.92 Å². The molecule has 2 N–H and O–H groups in total. The maximum atomic E-state index is 14.1. The molecule has 2 aliphatic heterocycles. The van der Waals surface area contributed by atoms with Crippen molar-refractivity contribution >= 4 is 58.2 Å². The molecule has 242 valence electrons. The van der Waals surface area contributed by atoms with Gasteiger partial charge in [0.2, 0.25) is 11.8 Å². The minimum Gasteiger partial charge on any atom is -0.497 e. The van der Waals surface area contributed by atoms with E-state index in [9.17, 15) is 24.0 Å². The molecule has 0 saturated carbocycles. The quantitative estimate of drug-likeness (QED) is 0.182. The Morgan fingerprint density at radius 1 is 0.915 bits per heavy atom. The van der Waals surface area contributed by atoms with Gasteiger partial charge in [-0.1, -0.05) is 29.2 Å². The van der Waals surface area contributed by atoms with Gasteiger partial charge in [-0.15, -0.1) is 0 Å². The lowest BCUT2D eigenvalue weighted by Crippen LogP contribution is -2.32. The van der Waals surface area contributed by atoms with Gasteiger partial charge in [0.25, 0.3) is 5.91 Å². The molecule has 3 atom stereocenters. The molecule has 12 nitrogen and oxygen atoms in total. The zero-order valence-corrected chi connectivity index (χ0v) is 27.1. The summed E-state index contributed by atoms with van der Waals surface area (Å²) in [4.78, 5) is 69.3. The van der Waals surface area contributed by atoms with Gasteiger partial charge >= 0.3 is 10.8 Å². The summed E-state index contributed by atoms with van der Waals surface area (Å²) in [5.41, 5.74) is 1.83. The van der Waals surface area contributed by atoms with Gasteiger partial charge in [-0.2, -0.15) is 0 Å². The van der Waals surface area contributed by atoms with E-state index in [1.165, 1.54) is 31.4 Å². The molecule has 47 heavy (non-hydrogen) atoms. The minimum absolute atomic E-state index is 0.218. The van der Waals surface area contributed by atoms with Crippen molar-refractivity contribution in [1.29, 1.82) is 0 Å². The zero-order chi connectivity index (χ0) is 33.2. The maximum Gasteiger partial charge on any atom is 0.338 e. The summed E-state index contributed by atoms with van der Waals surface area (Å²) >= 11 is 2.15. The fourth-order valence-electron chi connectivity index (χ4n) is 5.60. The average Bonchev–Trinajstić information content (AvgIpc) is 3.57. The topological polar surface area (TPSA) is 153 Å². The number of thiazole rings is 1. The van der Waals surface area contributed by atoms with Crippen LogP contribution in [0.15, 0.2) is 76.6 Å². The molecule has 3 unspecified atom stereocenters. The molecule has 0 radical (unpaired) electrons. The summed E-state index contributed by atoms with van der Waals surface area (Å²) in [6, 6.07) is 18.0. The number of amides is 3. The lowest BCUT2D eigenvalue weighted by molar-refractivity contribution is -0.122. The molecular weight excluding hydrogens is 647 g/mol. The number of aromatic nitrogens is 1. The van der Waals surface area contributed by atoms with E-state index >= 15 is 0 Å². The zero-order valence-electron chi connectivity index (χ0n) is 25.4. The highest BCUT2D eigenvalue weighted by molar-refractivity contribution is 8.00. The second kappa shape index (κ2) is 13.3. The van der Waals surface area contributed by atoms with Crippen LogP contribution in [0.1, 0.15) is 33.6 Å². The van der Waals surface area contributed by atoms with Crippen molar-refractivity contribution in [2.45, 2.75) is 23.1 Å². The van der Waals surface area contributed by atoms with E-state index in [0.717, 1.165) is 28.0 Å². The van der Waals surface area contributed by atoms with Crippen LogP contribution in [0.25, 0.3) is 0 Å². The first-order valence-corrected chi connectivity index (χ1v) is 16.2. The average molecular weight is 676 g/mol. The number of rotatable bonds is 10. The molecule has 3 amide bonds. The smallest absolute Gasteiger partial charge is 0.338 e. The first-order valence-electron chi connectivity index (χ1n) is 14.5. The molecule has 4 aromatic rings. The largest absolute Gasteiger partial charge is 0.497 e. The summed E-state index contributed by atoms with van der Waals surface area (Å²) in [5, 5.41) is 2.47. The number of esters is 1. The Bertz CT molecular complexity index is 1900. The van der Waals surface area contributed by atoms with Crippen LogP contribution >= 0.6 is 23.1 Å². The van der Waals surface area contributed by atoms with Crippen LogP contribution in [0.5, 0.6) is 17.2 Å². The van der Waals surface area contributed by atoms with Crippen LogP contribution in [0.3, 0.4) is 0 Å². The Morgan fingerprint density at radius 3 is 2.34 bits per heavy atom. The molecule has 6 rings (SSSR count). The van der Waals surface area contributed by atoms with Crippen LogP contribution in [-0.4, -0.2) is 61.4 Å². The van der Waals surface area contributed by atoms with Crippen molar-refractivity contribution in [1.82, 2.24) is 4.98 Å². The number of hydrogen-bond donors (Lipinski definition) is 2. The van der Waals surface area contributed by atoms with Crippen LogP contribution in [0, 0.1) is 5.92 Å². The normalized spacial score (nSPS) is 18.3. The van der Waals surface area contributed by atoms with Gasteiger partial charge in [-0.05, 0) is 73.2 Å². The second-order valence-corrected chi connectivity index (χ2v) is 12.7. The van der Waals surface area contributed by atoms with E-state index in [-0.39, 0.29) is 24.0 Å². The number of anilines is 2. The monoisotopic (exact) mass is 675 g/mol. The second-order valence-electron chi connectivity index (χ2n) is 10.5. The van der Waals surface area contributed by atoms with E-state index in [1.807, 2.05) is 0 Å². The van der Waals surface area contributed by atoms with Crippen LogP contribution in [-0.2, 0) is 19.1 Å². The van der Waals surface area contributed by atoms with Crippen molar-refractivity contribution < 1.29 is 38.1 Å². The minimum atomic E-state index is -0.831. The van der Waals surface area contributed by atoms with Crippen LogP contribution in [0.2, 0.25) is 0 Å². The SMILES string of the molecule is CCOC(=O)c1ccc(N2C(=O)C3Sc4[nH]c(=O)sc4C(c4ccc(OCC(=O)Nc5ccc(OC)cc5)c(OC)c4)C3C2=O)cc1. The Labute approximate surface area is 277 Å². The fraction of sp³-hybridized carbons (Fsp3) is 0.242. The number of carbonyl (C=O) groups is 4. The number of hydrogen-bond acceptors (Lipinski definition) is 11. The summed E-state index contributed by atoms with van der Waals surface area (Å²) < 4.78 is 21.6. The highest BCUT2D eigenvalue weighted by Crippen LogP contribution is 2.53. The third-order valence-electron chi connectivity index (χ3n) is 7.74. The lowest BCUT2D eigenvalue weighted by Gasteiger charge is -2.30. The van der Waals surface area contributed by atoms with E-state index in [2.05, 4.69) is 10.3 Å². The Morgan fingerprint density at radius 2 is 1.66 bits per heavy atom. The third kappa shape index (κ3) is 6.21. The fourth-order valence-corrected chi connectivity index (χ4v) is 8.12. The number of carbonyl (C=O) groups excluding carboxylic acids is 4. The molecule has 0 spiro atoms. The van der Waals surface area contributed by atoms with Gasteiger partial charge in [0, 0.05) is 16.5 Å². The number of fused-ring (bicyclic) bond motifs is 2. The van der Waals surface area contributed by atoms with E-state index < -0.39 is 34.9 Å². The highest BCUT2D eigenvalue weighted by atomic mass is 32.2.